The molecule has 0 spiro atoms. The highest BCUT2D eigenvalue weighted by molar-refractivity contribution is 5.62. The average molecular weight is 284 g/mol. The second-order valence-corrected chi connectivity index (χ2v) is 3.69. The maximum absolute atomic E-state index is 9.74. The van der Waals surface area contributed by atoms with E-state index in [0.717, 1.165) is 6.92 Å². The van der Waals surface area contributed by atoms with Gasteiger partial charge in [-0.1, -0.05) is 0 Å². The van der Waals surface area contributed by atoms with Crippen molar-refractivity contribution in [1.29, 1.82) is 0 Å². The summed E-state index contributed by atoms with van der Waals surface area (Å²) in [4.78, 5) is 9.00. The van der Waals surface area contributed by atoms with E-state index < -0.39 is 30.4 Å². The van der Waals surface area contributed by atoms with E-state index in [-0.39, 0.29) is 13.2 Å². The Morgan fingerprint density at radius 2 is 1.63 bits per heavy atom. The van der Waals surface area contributed by atoms with E-state index in [1.165, 1.54) is 21.3 Å². The molecule has 0 saturated carbocycles. The molecule has 0 aromatic carbocycles. The van der Waals surface area contributed by atoms with Crippen LogP contribution in [0.15, 0.2) is 0 Å². The van der Waals surface area contributed by atoms with Crippen LogP contribution in [0.2, 0.25) is 0 Å². The summed E-state index contributed by atoms with van der Waals surface area (Å²) in [5.41, 5.74) is 0. The van der Waals surface area contributed by atoms with Crippen LogP contribution in [0.25, 0.3) is 0 Å². The molecule has 0 aliphatic carbocycles. The molecule has 0 saturated heterocycles. The highest BCUT2D eigenvalue weighted by Gasteiger charge is 2.32. The number of carboxylic acid groups (broad SMARTS) is 1. The van der Waals surface area contributed by atoms with E-state index in [1.54, 1.807) is 0 Å². The molecule has 0 aliphatic rings. The van der Waals surface area contributed by atoms with Crippen LogP contribution in [0.5, 0.6) is 0 Å². The average Bonchev–Trinajstić information content (AvgIpc) is 2.31. The maximum atomic E-state index is 9.74. The van der Waals surface area contributed by atoms with E-state index in [2.05, 4.69) is 0 Å². The third kappa shape index (κ3) is 9.77. The highest BCUT2D eigenvalue weighted by atomic mass is 16.5. The Kier molecular flexibility index (Phi) is 13.3. The summed E-state index contributed by atoms with van der Waals surface area (Å²) in [7, 11) is 4.15. The van der Waals surface area contributed by atoms with E-state index in [0.29, 0.717) is 0 Å². The zero-order valence-corrected chi connectivity index (χ0v) is 11.6. The summed E-state index contributed by atoms with van der Waals surface area (Å²) in [6.45, 7) is 0.772. The van der Waals surface area contributed by atoms with Crippen LogP contribution in [0.4, 0.5) is 0 Å². The van der Waals surface area contributed by atoms with Gasteiger partial charge in [-0.3, -0.25) is 4.79 Å². The standard InChI is InChI=1S/C9H20O6.C2H4O2/c1-13-5-6(11)9(15-3)8(12)7(4-10)14-2;1-2(3)4/h6-12H,4-5H2,1-3H3;1H3,(H,3,4)/t6-,7+,8-,9-;/m1./s1. The van der Waals surface area contributed by atoms with Crippen LogP contribution in [0.1, 0.15) is 6.92 Å². The fraction of sp³-hybridized carbons (Fsp3) is 0.909. The topological polar surface area (TPSA) is 126 Å². The van der Waals surface area contributed by atoms with Crippen molar-refractivity contribution in [2.45, 2.75) is 31.3 Å². The van der Waals surface area contributed by atoms with Gasteiger partial charge in [0.15, 0.2) is 0 Å². The lowest BCUT2D eigenvalue weighted by atomic mass is 10.0. The van der Waals surface area contributed by atoms with Crippen molar-refractivity contribution in [2.75, 3.05) is 34.5 Å². The molecular weight excluding hydrogens is 260 g/mol. The molecule has 8 nitrogen and oxygen atoms in total. The first-order valence-corrected chi connectivity index (χ1v) is 5.56. The van der Waals surface area contributed by atoms with E-state index >= 15 is 0 Å². The Morgan fingerprint density at radius 3 is 1.89 bits per heavy atom. The van der Waals surface area contributed by atoms with Crippen molar-refractivity contribution in [1.82, 2.24) is 0 Å². The van der Waals surface area contributed by atoms with Gasteiger partial charge >= 0.3 is 0 Å². The Bertz CT molecular complexity index is 215. The molecule has 0 amide bonds. The van der Waals surface area contributed by atoms with Crippen LogP contribution in [0, 0.1) is 0 Å². The Morgan fingerprint density at radius 1 is 1.16 bits per heavy atom. The van der Waals surface area contributed by atoms with Crippen molar-refractivity contribution >= 4 is 5.97 Å². The Labute approximate surface area is 112 Å². The van der Waals surface area contributed by atoms with Gasteiger partial charge in [0.1, 0.15) is 24.4 Å². The molecule has 19 heavy (non-hydrogen) atoms. The number of hydrogen-bond donors (Lipinski definition) is 4. The minimum atomic E-state index is -1.12. The van der Waals surface area contributed by atoms with Gasteiger partial charge in [0.25, 0.3) is 5.97 Å². The van der Waals surface area contributed by atoms with Gasteiger partial charge in [0.2, 0.25) is 0 Å². The summed E-state index contributed by atoms with van der Waals surface area (Å²) >= 11 is 0. The van der Waals surface area contributed by atoms with Crippen molar-refractivity contribution in [3.05, 3.63) is 0 Å². The number of aliphatic carboxylic acids is 1. The lowest BCUT2D eigenvalue weighted by Crippen LogP contribution is -2.49. The first kappa shape index (κ1) is 20.5. The number of aliphatic hydroxyl groups excluding tert-OH is 3. The fourth-order valence-electron chi connectivity index (χ4n) is 1.32. The molecule has 0 aliphatic heterocycles. The molecule has 0 fully saturated rings. The molecule has 0 aromatic rings. The van der Waals surface area contributed by atoms with Crippen LogP contribution < -0.4 is 0 Å². The number of aliphatic hydroxyl groups is 3. The minimum Gasteiger partial charge on any atom is -0.481 e. The lowest BCUT2D eigenvalue weighted by molar-refractivity contribution is -0.146. The quantitative estimate of drug-likeness (QED) is 0.423. The minimum absolute atomic E-state index is 0.0391. The third-order valence-electron chi connectivity index (χ3n) is 2.19. The van der Waals surface area contributed by atoms with E-state index in [4.69, 9.17) is 29.2 Å². The van der Waals surface area contributed by atoms with Gasteiger partial charge < -0.3 is 34.6 Å². The molecule has 8 heteroatoms. The summed E-state index contributed by atoms with van der Waals surface area (Å²) in [6, 6.07) is 0. The first-order chi connectivity index (χ1) is 8.85. The largest absolute Gasteiger partial charge is 0.481 e. The summed E-state index contributed by atoms with van der Waals surface area (Å²) < 4.78 is 14.5. The maximum Gasteiger partial charge on any atom is 0.300 e. The summed E-state index contributed by atoms with van der Waals surface area (Å²) in [5, 5.41) is 35.6. The Hall–Kier alpha value is -0.770. The summed E-state index contributed by atoms with van der Waals surface area (Å²) in [5.74, 6) is -0.833. The first-order valence-electron chi connectivity index (χ1n) is 5.56. The molecule has 0 rings (SSSR count). The predicted molar refractivity (Wildman–Crippen MR) is 65.9 cm³/mol. The molecule has 0 bridgehead atoms. The number of rotatable bonds is 8. The molecule has 0 unspecified atom stereocenters. The molecular formula is C11H24O8. The predicted octanol–water partition coefficient (Wildman–Crippen LogP) is -1.53. The van der Waals surface area contributed by atoms with Crippen molar-refractivity contribution in [2.24, 2.45) is 0 Å². The van der Waals surface area contributed by atoms with Crippen molar-refractivity contribution < 1.29 is 39.4 Å². The highest BCUT2D eigenvalue weighted by Crippen LogP contribution is 2.11. The van der Waals surface area contributed by atoms with Gasteiger partial charge in [-0.25, -0.2) is 0 Å². The Balaban J connectivity index is 0. The number of hydrogen-bond acceptors (Lipinski definition) is 7. The van der Waals surface area contributed by atoms with Gasteiger partial charge in [0.05, 0.1) is 13.2 Å². The zero-order valence-electron chi connectivity index (χ0n) is 11.6. The second-order valence-electron chi connectivity index (χ2n) is 3.69. The number of ether oxygens (including phenoxy) is 3. The van der Waals surface area contributed by atoms with Gasteiger partial charge in [-0.2, -0.15) is 0 Å². The van der Waals surface area contributed by atoms with Crippen LogP contribution in [-0.2, 0) is 19.0 Å². The molecule has 0 radical (unpaired) electrons. The number of methoxy groups -OCH3 is 3. The SMILES string of the molecule is CC(=O)O.COC[C@@H](O)[C@@H](OC)[C@H](O)[C@H](CO)OC. The normalized spacial score (nSPS) is 16.8. The zero-order chi connectivity index (χ0) is 15.4. The number of carbonyl (C=O) groups is 1. The van der Waals surface area contributed by atoms with Gasteiger partial charge in [-0.05, 0) is 0 Å². The van der Waals surface area contributed by atoms with Crippen molar-refractivity contribution in [3.8, 4) is 0 Å². The molecule has 4 N–H and O–H groups in total. The van der Waals surface area contributed by atoms with Crippen LogP contribution in [0.3, 0.4) is 0 Å². The van der Waals surface area contributed by atoms with Gasteiger partial charge in [0, 0.05) is 28.3 Å². The second kappa shape index (κ2) is 12.3. The third-order valence-corrected chi connectivity index (χ3v) is 2.19. The molecule has 0 heterocycles. The van der Waals surface area contributed by atoms with E-state index in [9.17, 15) is 10.2 Å². The van der Waals surface area contributed by atoms with Crippen LogP contribution in [-0.4, -0.2) is 85.4 Å². The van der Waals surface area contributed by atoms with E-state index in [1.807, 2.05) is 0 Å². The van der Waals surface area contributed by atoms with Crippen LogP contribution >= 0.6 is 0 Å². The van der Waals surface area contributed by atoms with Crippen molar-refractivity contribution in [3.63, 3.8) is 0 Å². The molecule has 4 atom stereocenters. The molecule has 0 aromatic heterocycles. The number of carboxylic acids is 1. The molecule has 116 valence electrons. The smallest absolute Gasteiger partial charge is 0.300 e. The summed E-state index contributed by atoms with van der Waals surface area (Å²) in [6.07, 6.45) is -3.74. The monoisotopic (exact) mass is 284 g/mol. The van der Waals surface area contributed by atoms with Gasteiger partial charge in [-0.15, -0.1) is 0 Å². The fourth-order valence-corrected chi connectivity index (χ4v) is 1.32. The lowest BCUT2D eigenvalue weighted by Gasteiger charge is -2.29.